The van der Waals surface area contributed by atoms with E-state index < -0.39 is 15.1 Å². The number of amides is 3. The SMILES string of the molecule is CN(C)CCNC(=O)[C@@H]1CCS(=O)(=O)[C@H]2CN(C(=O)Nc3ccccc3)C[C@@H]12. The number of rotatable bonds is 5. The third kappa shape index (κ3) is 4.64. The summed E-state index contributed by atoms with van der Waals surface area (Å²) in [7, 11) is 0.542. The summed E-state index contributed by atoms with van der Waals surface area (Å²) in [6.07, 6.45) is 0.311. The van der Waals surface area contributed by atoms with Gasteiger partial charge in [0, 0.05) is 43.7 Å². The first kappa shape index (κ1) is 20.6. The smallest absolute Gasteiger partial charge is 0.321 e. The highest BCUT2D eigenvalue weighted by Crippen LogP contribution is 2.37. The predicted molar refractivity (Wildman–Crippen MR) is 108 cm³/mol. The lowest BCUT2D eigenvalue weighted by molar-refractivity contribution is -0.126. The third-order valence-corrected chi connectivity index (χ3v) is 7.73. The van der Waals surface area contributed by atoms with E-state index in [0.29, 0.717) is 18.7 Å². The monoisotopic (exact) mass is 408 g/mol. The molecule has 2 heterocycles. The summed E-state index contributed by atoms with van der Waals surface area (Å²) in [6.45, 7) is 1.64. The van der Waals surface area contributed by atoms with Crippen LogP contribution in [0.15, 0.2) is 30.3 Å². The largest absolute Gasteiger partial charge is 0.355 e. The zero-order valence-corrected chi connectivity index (χ0v) is 17.1. The number of anilines is 1. The fourth-order valence-corrected chi connectivity index (χ4v) is 6.07. The van der Waals surface area contributed by atoms with E-state index in [-0.39, 0.29) is 42.6 Å². The van der Waals surface area contributed by atoms with Gasteiger partial charge in [-0.05, 0) is 32.6 Å². The minimum absolute atomic E-state index is 0.00587. The van der Waals surface area contributed by atoms with Crippen LogP contribution in [0.2, 0.25) is 0 Å². The minimum atomic E-state index is -3.31. The second kappa shape index (κ2) is 8.48. The van der Waals surface area contributed by atoms with Gasteiger partial charge in [-0.2, -0.15) is 0 Å². The van der Waals surface area contributed by atoms with Crippen LogP contribution >= 0.6 is 0 Å². The molecule has 1 aromatic rings. The van der Waals surface area contributed by atoms with Gasteiger partial charge in [-0.1, -0.05) is 18.2 Å². The Morgan fingerprint density at radius 1 is 1.18 bits per heavy atom. The maximum atomic E-state index is 12.7. The maximum Gasteiger partial charge on any atom is 0.321 e. The molecular weight excluding hydrogens is 380 g/mol. The lowest BCUT2D eigenvalue weighted by Gasteiger charge is -2.31. The quantitative estimate of drug-likeness (QED) is 0.745. The Morgan fingerprint density at radius 2 is 1.89 bits per heavy atom. The van der Waals surface area contributed by atoms with Crippen molar-refractivity contribution >= 4 is 27.5 Å². The van der Waals surface area contributed by atoms with Gasteiger partial charge in [-0.3, -0.25) is 4.79 Å². The molecular formula is C19H28N4O4S. The van der Waals surface area contributed by atoms with Crippen LogP contribution in [0.25, 0.3) is 0 Å². The van der Waals surface area contributed by atoms with Crippen molar-refractivity contribution in [3.05, 3.63) is 30.3 Å². The molecule has 2 aliphatic heterocycles. The predicted octanol–water partition coefficient (Wildman–Crippen LogP) is 0.631. The molecule has 28 heavy (non-hydrogen) atoms. The van der Waals surface area contributed by atoms with Gasteiger partial charge in [0.05, 0.1) is 11.0 Å². The third-order valence-electron chi connectivity index (χ3n) is 5.51. The molecule has 0 radical (unpaired) electrons. The molecule has 3 rings (SSSR count). The normalized spacial score (nSPS) is 26.0. The van der Waals surface area contributed by atoms with Crippen LogP contribution in [0.3, 0.4) is 0 Å². The Balaban J connectivity index is 1.68. The van der Waals surface area contributed by atoms with Crippen LogP contribution in [0, 0.1) is 11.8 Å². The zero-order chi connectivity index (χ0) is 20.3. The number of likely N-dealkylation sites (tertiary alicyclic amines) is 1. The van der Waals surface area contributed by atoms with Crippen LogP contribution in [0.4, 0.5) is 10.5 Å². The minimum Gasteiger partial charge on any atom is -0.355 e. The summed E-state index contributed by atoms with van der Waals surface area (Å²) in [4.78, 5) is 28.8. The molecule has 154 valence electrons. The topological polar surface area (TPSA) is 98.8 Å². The van der Waals surface area contributed by atoms with Gasteiger partial charge in [0.1, 0.15) is 0 Å². The van der Waals surface area contributed by atoms with Gasteiger partial charge in [0.15, 0.2) is 9.84 Å². The maximum absolute atomic E-state index is 12.7. The number of hydrogen-bond acceptors (Lipinski definition) is 5. The number of nitrogens with one attached hydrogen (secondary N) is 2. The van der Waals surface area contributed by atoms with Gasteiger partial charge < -0.3 is 20.4 Å². The molecule has 0 unspecified atom stereocenters. The number of nitrogens with zero attached hydrogens (tertiary/aromatic N) is 2. The molecule has 0 bridgehead atoms. The van der Waals surface area contributed by atoms with Crippen LogP contribution in [0.5, 0.6) is 0 Å². The zero-order valence-electron chi connectivity index (χ0n) is 16.3. The molecule has 0 aliphatic carbocycles. The molecule has 2 aliphatic rings. The van der Waals surface area contributed by atoms with Gasteiger partial charge in [-0.15, -0.1) is 0 Å². The van der Waals surface area contributed by atoms with Crippen molar-refractivity contribution in [2.45, 2.75) is 11.7 Å². The second-order valence-electron chi connectivity index (χ2n) is 7.76. The molecule has 2 fully saturated rings. The van der Waals surface area contributed by atoms with Gasteiger partial charge in [-0.25, -0.2) is 13.2 Å². The Kier molecular flexibility index (Phi) is 6.24. The Labute approximate surface area is 166 Å². The van der Waals surface area contributed by atoms with Crippen LogP contribution in [0.1, 0.15) is 6.42 Å². The first-order chi connectivity index (χ1) is 13.3. The van der Waals surface area contributed by atoms with Crippen molar-refractivity contribution in [2.24, 2.45) is 11.8 Å². The summed E-state index contributed by atoms with van der Waals surface area (Å²) in [5.41, 5.74) is 0.656. The first-order valence-electron chi connectivity index (χ1n) is 9.53. The van der Waals surface area contributed by atoms with E-state index >= 15 is 0 Å². The number of fused-ring (bicyclic) bond motifs is 1. The average molecular weight is 409 g/mol. The molecule has 1 aromatic carbocycles. The molecule has 0 aromatic heterocycles. The van der Waals surface area contributed by atoms with E-state index in [1.165, 1.54) is 4.90 Å². The molecule has 0 saturated carbocycles. The number of para-hydroxylation sites is 1. The number of urea groups is 1. The van der Waals surface area contributed by atoms with Crippen molar-refractivity contribution in [3.8, 4) is 0 Å². The summed E-state index contributed by atoms with van der Waals surface area (Å²) in [6, 6.07) is 8.71. The van der Waals surface area contributed by atoms with Crippen LogP contribution in [-0.4, -0.2) is 81.4 Å². The van der Waals surface area contributed by atoms with E-state index in [0.717, 1.165) is 6.54 Å². The van der Waals surface area contributed by atoms with Crippen molar-refractivity contribution in [3.63, 3.8) is 0 Å². The molecule has 0 spiro atoms. The van der Waals surface area contributed by atoms with Crippen molar-refractivity contribution in [1.82, 2.24) is 15.1 Å². The highest BCUT2D eigenvalue weighted by atomic mass is 32.2. The van der Waals surface area contributed by atoms with E-state index in [1.54, 1.807) is 12.1 Å². The highest BCUT2D eigenvalue weighted by molar-refractivity contribution is 7.92. The second-order valence-corrected chi connectivity index (χ2v) is 10.1. The summed E-state index contributed by atoms with van der Waals surface area (Å²) < 4.78 is 25.1. The molecule has 2 saturated heterocycles. The summed E-state index contributed by atoms with van der Waals surface area (Å²) in [5.74, 6) is -0.865. The molecule has 9 heteroatoms. The summed E-state index contributed by atoms with van der Waals surface area (Å²) >= 11 is 0. The van der Waals surface area contributed by atoms with Gasteiger partial charge >= 0.3 is 6.03 Å². The van der Waals surface area contributed by atoms with Gasteiger partial charge in [0.25, 0.3) is 0 Å². The van der Waals surface area contributed by atoms with E-state index in [1.807, 2.05) is 37.2 Å². The van der Waals surface area contributed by atoms with Crippen molar-refractivity contribution in [1.29, 1.82) is 0 Å². The van der Waals surface area contributed by atoms with Crippen LogP contribution in [-0.2, 0) is 14.6 Å². The first-order valence-corrected chi connectivity index (χ1v) is 11.2. The summed E-state index contributed by atoms with van der Waals surface area (Å²) in [5, 5.41) is 5.04. The van der Waals surface area contributed by atoms with E-state index in [4.69, 9.17) is 0 Å². The van der Waals surface area contributed by atoms with E-state index in [2.05, 4.69) is 10.6 Å². The van der Waals surface area contributed by atoms with Gasteiger partial charge in [0.2, 0.25) is 5.91 Å². The van der Waals surface area contributed by atoms with E-state index in [9.17, 15) is 18.0 Å². The number of benzene rings is 1. The number of sulfone groups is 1. The van der Waals surface area contributed by atoms with Crippen molar-refractivity contribution < 1.29 is 18.0 Å². The average Bonchev–Trinajstić information content (AvgIpc) is 3.09. The Morgan fingerprint density at radius 3 is 2.57 bits per heavy atom. The highest BCUT2D eigenvalue weighted by Gasteiger charge is 2.51. The number of hydrogen-bond donors (Lipinski definition) is 2. The molecule has 3 atom stereocenters. The molecule has 3 amide bonds. The standard InChI is InChI=1S/C19H28N4O4S/c1-22(2)10-9-20-18(24)15-8-11-28(26,27)17-13-23(12-16(15)17)19(25)21-14-6-4-3-5-7-14/h3-7,15-17H,8-13H2,1-2H3,(H,20,24)(H,21,25)/t15-,16+,17+/m1/s1. The Hall–Kier alpha value is -2.13. The lowest BCUT2D eigenvalue weighted by Crippen LogP contribution is -2.47. The fraction of sp³-hybridized carbons (Fsp3) is 0.579. The fourth-order valence-electron chi connectivity index (χ4n) is 3.97. The molecule has 8 nitrogen and oxygen atoms in total. The lowest BCUT2D eigenvalue weighted by atomic mass is 9.87. The van der Waals surface area contributed by atoms with Crippen LogP contribution < -0.4 is 10.6 Å². The number of carbonyl (C=O) groups excluding carboxylic acids is 2. The number of likely N-dealkylation sites (N-methyl/N-ethyl adjacent to an activating group) is 1. The Bertz CT molecular complexity index is 812. The number of carbonyl (C=O) groups is 2. The van der Waals surface area contributed by atoms with Crippen molar-refractivity contribution in [2.75, 3.05) is 51.3 Å². The molecule has 2 N–H and O–H groups in total.